The third kappa shape index (κ3) is 3.26. The Kier molecular flexibility index (Phi) is 4.36. The molecule has 0 saturated carbocycles. The van der Waals surface area contributed by atoms with Gasteiger partial charge in [0.05, 0.1) is 17.1 Å². The second kappa shape index (κ2) is 6.42. The zero-order valence-electron chi connectivity index (χ0n) is 12.4. The van der Waals surface area contributed by atoms with Crippen LogP contribution in [0.4, 0.5) is 0 Å². The summed E-state index contributed by atoms with van der Waals surface area (Å²) in [5.41, 5.74) is 2.82. The molecule has 1 aromatic carbocycles. The van der Waals surface area contributed by atoms with E-state index in [4.69, 9.17) is 0 Å². The lowest BCUT2D eigenvalue weighted by molar-refractivity contribution is 0.0951. The van der Waals surface area contributed by atoms with Crippen LogP contribution in [0.1, 0.15) is 26.5 Å². The zero-order valence-corrected chi connectivity index (χ0v) is 14.1. The number of nitrogens with zero attached hydrogens (tertiary/aromatic N) is 1. The predicted octanol–water partition coefficient (Wildman–Crippen LogP) is 4.42. The lowest BCUT2D eigenvalue weighted by Crippen LogP contribution is -2.22. The summed E-state index contributed by atoms with van der Waals surface area (Å²) in [5.74, 6) is -0.0505. The van der Waals surface area contributed by atoms with Gasteiger partial charge < -0.3 is 5.32 Å². The molecule has 0 spiro atoms. The molecule has 0 fully saturated rings. The molecule has 1 amide bonds. The number of aromatic nitrogens is 1. The Bertz CT molecular complexity index is 774. The number of carbonyl (C=O) groups excluding carboxylic acids is 1. The molecule has 1 N–H and O–H groups in total. The minimum Gasteiger partial charge on any atom is -0.347 e. The van der Waals surface area contributed by atoms with Crippen molar-refractivity contribution in [3.8, 4) is 9.88 Å². The van der Waals surface area contributed by atoms with Gasteiger partial charge in [-0.15, -0.1) is 22.7 Å². The lowest BCUT2D eigenvalue weighted by atomic mass is 10.1. The standard InChI is InChI=1S/C17H16N2OS2/c1-11-5-7-13(8-6-11)16(20)18-10-15-12(2)19-17(22-15)14-4-3-9-21-14/h3-9H,10H2,1-2H3,(H,18,20). The van der Waals surface area contributed by atoms with E-state index in [-0.39, 0.29) is 5.91 Å². The first-order valence-electron chi connectivity index (χ1n) is 6.98. The smallest absolute Gasteiger partial charge is 0.251 e. The van der Waals surface area contributed by atoms with Crippen molar-refractivity contribution < 1.29 is 4.79 Å². The minimum absolute atomic E-state index is 0.0505. The van der Waals surface area contributed by atoms with Gasteiger partial charge >= 0.3 is 0 Å². The minimum atomic E-state index is -0.0505. The van der Waals surface area contributed by atoms with Gasteiger partial charge in [-0.05, 0) is 37.4 Å². The van der Waals surface area contributed by atoms with Crippen LogP contribution in [0, 0.1) is 13.8 Å². The molecule has 0 radical (unpaired) electrons. The molecule has 22 heavy (non-hydrogen) atoms. The Labute approximate surface area is 137 Å². The Morgan fingerprint density at radius 2 is 1.95 bits per heavy atom. The number of amides is 1. The fraction of sp³-hybridized carbons (Fsp3) is 0.176. The van der Waals surface area contributed by atoms with Crippen LogP contribution in [0.5, 0.6) is 0 Å². The van der Waals surface area contributed by atoms with Crippen LogP contribution in [-0.2, 0) is 6.54 Å². The molecular formula is C17H16N2OS2. The van der Waals surface area contributed by atoms with E-state index in [0.29, 0.717) is 12.1 Å². The predicted molar refractivity (Wildman–Crippen MR) is 92.5 cm³/mol. The molecule has 2 aromatic heterocycles. The van der Waals surface area contributed by atoms with Crippen LogP contribution in [0.2, 0.25) is 0 Å². The second-order valence-corrected chi connectivity index (χ2v) is 7.08. The summed E-state index contributed by atoms with van der Waals surface area (Å²) in [6.07, 6.45) is 0. The average molecular weight is 328 g/mol. The van der Waals surface area contributed by atoms with E-state index < -0.39 is 0 Å². The molecule has 3 aromatic rings. The molecule has 3 rings (SSSR count). The summed E-state index contributed by atoms with van der Waals surface area (Å²) < 4.78 is 0. The van der Waals surface area contributed by atoms with Gasteiger partial charge in [0, 0.05) is 10.4 Å². The number of thiophene rings is 1. The van der Waals surface area contributed by atoms with Crippen molar-refractivity contribution >= 4 is 28.6 Å². The van der Waals surface area contributed by atoms with Crippen LogP contribution in [-0.4, -0.2) is 10.9 Å². The highest BCUT2D eigenvalue weighted by atomic mass is 32.1. The van der Waals surface area contributed by atoms with Crippen LogP contribution >= 0.6 is 22.7 Å². The largest absolute Gasteiger partial charge is 0.347 e. The highest BCUT2D eigenvalue weighted by Crippen LogP contribution is 2.30. The summed E-state index contributed by atoms with van der Waals surface area (Å²) >= 11 is 3.32. The topological polar surface area (TPSA) is 42.0 Å². The summed E-state index contributed by atoms with van der Waals surface area (Å²) in [7, 11) is 0. The van der Waals surface area contributed by atoms with Crippen molar-refractivity contribution in [1.82, 2.24) is 10.3 Å². The number of benzene rings is 1. The molecule has 2 heterocycles. The second-order valence-electron chi connectivity index (χ2n) is 5.05. The van der Waals surface area contributed by atoms with Crippen molar-refractivity contribution in [3.05, 3.63) is 63.5 Å². The maximum atomic E-state index is 12.2. The van der Waals surface area contributed by atoms with E-state index in [1.165, 1.54) is 4.88 Å². The van der Waals surface area contributed by atoms with Crippen molar-refractivity contribution in [1.29, 1.82) is 0 Å². The van der Waals surface area contributed by atoms with Gasteiger partial charge in [0.15, 0.2) is 0 Å². The highest BCUT2D eigenvalue weighted by Gasteiger charge is 2.12. The maximum Gasteiger partial charge on any atom is 0.251 e. The van der Waals surface area contributed by atoms with Crippen molar-refractivity contribution in [2.45, 2.75) is 20.4 Å². The Morgan fingerprint density at radius 3 is 2.64 bits per heavy atom. The van der Waals surface area contributed by atoms with Crippen LogP contribution < -0.4 is 5.32 Å². The lowest BCUT2D eigenvalue weighted by Gasteiger charge is -2.04. The van der Waals surface area contributed by atoms with E-state index in [0.717, 1.165) is 21.1 Å². The summed E-state index contributed by atoms with van der Waals surface area (Å²) in [5, 5.41) is 6.04. The Balaban J connectivity index is 1.69. The molecular weight excluding hydrogens is 312 g/mol. The molecule has 0 saturated heterocycles. The van der Waals surface area contributed by atoms with E-state index in [1.807, 2.05) is 49.6 Å². The normalized spacial score (nSPS) is 10.6. The Hall–Kier alpha value is -1.98. The van der Waals surface area contributed by atoms with E-state index >= 15 is 0 Å². The summed E-state index contributed by atoms with van der Waals surface area (Å²) in [6.45, 7) is 4.51. The molecule has 0 aliphatic carbocycles. The quantitative estimate of drug-likeness (QED) is 0.770. The fourth-order valence-electron chi connectivity index (χ4n) is 2.07. The number of aryl methyl sites for hydroxylation is 2. The maximum absolute atomic E-state index is 12.2. The monoisotopic (exact) mass is 328 g/mol. The Morgan fingerprint density at radius 1 is 1.18 bits per heavy atom. The first kappa shape index (κ1) is 14.9. The first-order valence-corrected chi connectivity index (χ1v) is 8.68. The molecule has 0 bridgehead atoms. The average Bonchev–Trinajstić information content (AvgIpc) is 3.15. The third-order valence-corrected chi connectivity index (χ3v) is 5.54. The molecule has 0 unspecified atom stereocenters. The first-order chi connectivity index (χ1) is 10.6. The number of carbonyl (C=O) groups is 1. The number of hydrogen-bond acceptors (Lipinski definition) is 4. The van der Waals surface area contributed by atoms with Crippen molar-refractivity contribution in [2.75, 3.05) is 0 Å². The van der Waals surface area contributed by atoms with Gasteiger partial charge in [-0.3, -0.25) is 4.79 Å². The van der Waals surface area contributed by atoms with Gasteiger partial charge in [-0.25, -0.2) is 4.98 Å². The number of rotatable bonds is 4. The van der Waals surface area contributed by atoms with E-state index in [2.05, 4.69) is 16.4 Å². The van der Waals surface area contributed by atoms with E-state index in [1.54, 1.807) is 22.7 Å². The van der Waals surface area contributed by atoms with Gasteiger partial charge in [0.1, 0.15) is 5.01 Å². The van der Waals surface area contributed by atoms with E-state index in [9.17, 15) is 4.79 Å². The number of hydrogen-bond donors (Lipinski definition) is 1. The van der Waals surface area contributed by atoms with Crippen LogP contribution in [0.25, 0.3) is 9.88 Å². The highest BCUT2D eigenvalue weighted by molar-refractivity contribution is 7.21. The molecule has 0 aliphatic heterocycles. The molecule has 112 valence electrons. The summed E-state index contributed by atoms with van der Waals surface area (Å²) in [6, 6.07) is 11.7. The number of thiazole rings is 1. The third-order valence-electron chi connectivity index (χ3n) is 3.35. The van der Waals surface area contributed by atoms with Gasteiger partial charge in [-0.2, -0.15) is 0 Å². The molecule has 5 heteroatoms. The molecule has 0 aliphatic rings. The fourth-order valence-corrected chi connectivity index (χ4v) is 3.86. The van der Waals surface area contributed by atoms with Gasteiger partial charge in [0.2, 0.25) is 0 Å². The van der Waals surface area contributed by atoms with Crippen molar-refractivity contribution in [2.24, 2.45) is 0 Å². The van der Waals surface area contributed by atoms with Crippen LogP contribution in [0.15, 0.2) is 41.8 Å². The van der Waals surface area contributed by atoms with Crippen LogP contribution in [0.3, 0.4) is 0 Å². The van der Waals surface area contributed by atoms with Crippen molar-refractivity contribution in [3.63, 3.8) is 0 Å². The zero-order chi connectivity index (χ0) is 15.5. The molecule has 3 nitrogen and oxygen atoms in total. The van der Waals surface area contributed by atoms with Gasteiger partial charge in [0.25, 0.3) is 5.91 Å². The molecule has 0 atom stereocenters. The number of nitrogens with one attached hydrogen (secondary N) is 1. The SMILES string of the molecule is Cc1ccc(C(=O)NCc2sc(-c3cccs3)nc2C)cc1. The summed E-state index contributed by atoms with van der Waals surface area (Å²) in [4.78, 5) is 19.0. The van der Waals surface area contributed by atoms with Gasteiger partial charge in [-0.1, -0.05) is 23.8 Å².